The lowest BCUT2D eigenvalue weighted by molar-refractivity contribution is -0.0562. The summed E-state index contributed by atoms with van der Waals surface area (Å²) in [6.45, 7) is 12.2. The van der Waals surface area contributed by atoms with Gasteiger partial charge in [0, 0.05) is 24.7 Å². The molecular weight excluding hydrogens is 246 g/mol. The minimum Gasteiger partial charge on any atom is -0.367 e. The van der Waals surface area contributed by atoms with E-state index in [0.29, 0.717) is 12.5 Å². The first-order chi connectivity index (χ1) is 8.57. The van der Waals surface area contributed by atoms with Crippen molar-refractivity contribution >= 4 is 16.7 Å². The van der Waals surface area contributed by atoms with Gasteiger partial charge in [-0.25, -0.2) is 4.98 Å². The van der Waals surface area contributed by atoms with Crippen LogP contribution in [0.2, 0.25) is 0 Å². The molecule has 0 fully saturated rings. The van der Waals surface area contributed by atoms with Gasteiger partial charge < -0.3 is 10.1 Å². The molecule has 18 heavy (non-hydrogen) atoms. The summed E-state index contributed by atoms with van der Waals surface area (Å²) in [5.41, 5.74) is -0.316. The van der Waals surface area contributed by atoms with E-state index in [1.54, 1.807) is 0 Å². The van der Waals surface area contributed by atoms with Gasteiger partial charge in [-0.15, -0.1) is 0 Å². The Kier molecular flexibility index (Phi) is 6.02. The summed E-state index contributed by atoms with van der Waals surface area (Å²) in [7, 11) is 0. The molecule has 5 heteroatoms. The van der Waals surface area contributed by atoms with Gasteiger partial charge in [0.15, 0.2) is 5.82 Å². The van der Waals surface area contributed by atoms with Crippen molar-refractivity contribution in [1.82, 2.24) is 9.36 Å². The normalized spacial score (nSPS) is 12.1. The molecule has 1 N–H and O–H groups in total. The highest BCUT2D eigenvalue weighted by Gasteiger charge is 2.33. The highest BCUT2D eigenvalue weighted by atomic mass is 32.1. The quantitative estimate of drug-likeness (QED) is 0.784. The molecular formula is C13H25N3OS. The molecule has 4 nitrogen and oxygen atoms in total. The van der Waals surface area contributed by atoms with Gasteiger partial charge in [-0.2, -0.15) is 4.37 Å². The van der Waals surface area contributed by atoms with Gasteiger partial charge in [0.05, 0.1) is 0 Å². The van der Waals surface area contributed by atoms with Gasteiger partial charge in [0.1, 0.15) is 5.60 Å². The van der Waals surface area contributed by atoms with Crippen LogP contribution in [0.1, 0.15) is 53.3 Å². The minimum absolute atomic E-state index is 0.316. The Morgan fingerprint density at radius 2 is 1.94 bits per heavy atom. The first-order valence-corrected chi connectivity index (χ1v) is 7.57. The smallest absolute Gasteiger partial charge is 0.202 e. The largest absolute Gasteiger partial charge is 0.367 e. The van der Waals surface area contributed by atoms with Gasteiger partial charge in [-0.05, 0) is 25.7 Å². The Morgan fingerprint density at radius 3 is 2.44 bits per heavy atom. The molecule has 0 bridgehead atoms. The molecule has 0 amide bonds. The molecule has 1 aromatic rings. The molecule has 1 aromatic heterocycles. The van der Waals surface area contributed by atoms with Crippen LogP contribution in [0, 0.1) is 5.92 Å². The highest BCUT2D eigenvalue weighted by Crippen LogP contribution is 2.32. The minimum atomic E-state index is -0.316. The fourth-order valence-corrected chi connectivity index (χ4v) is 2.54. The second kappa shape index (κ2) is 7.04. The van der Waals surface area contributed by atoms with Crippen molar-refractivity contribution in [3.05, 3.63) is 5.82 Å². The number of aromatic nitrogens is 2. The standard InChI is InChI=1S/C13H25N3OS/c1-6-13(7-2,17-8-3)11-15-12(18-16-11)14-9-10(4)5/h10H,6-9H2,1-5H3,(H,14,15,16). The molecule has 1 heterocycles. The van der Waals surface area contributed by atoms with E-state index in [2.05, 4.69) is 42.4 Å². The molecule has 0 atom stereocenters. The maximum absolute atomic E-state index is 5.91. The first kappa shape index (κ1) is 15.4. The number of nitrogens with zero attached hydrogens (tertiary/aromatic N) is 2. The summed E-state index contributed by atoms with van der Waals surface area (Å²) in [6.07, 6.45) is 1.80. The lowest BCUT2D eigenvalue weighted by Crippen LogP contribution is -2.29. The van der Waals surface area contributed by atoms with Gasteiger partial charge in [0.25, 0.3) is 0 Å². The Bertz CT molecular complexity index is 348. The monoisotopic (exact) mass is 271 g/mol. The van der Waals surface area contributed by atoms with Crippen molar-refractivity contribution in [2.75, 3.05) is 18.5 Å². The fraction of sp³-hybridized carbons (Fsp3) is 0.846. The lowest BCUT2D eigenvalue weighted by atomic mass is 9.96. The number of anilines is 1. The van der Waals surface area contributed by atoms with Crippen molar-refractivity contribution in [1.29, 1.82) is 0 Å². The third-order valence-corrected chi connectivity index (χ3v) is 3.73. The second-order valence-electron chi connectivity index (χ2n) is 4.83. The van der Waals surface area contributed by atoms with Gasteiger partial charge in [-0.3, -0.25) is 0 Å². The van der Waals surface area contributed by atoms with Crippen molar-refractivity contribution in [2.24, 2.45) is 5.92 Å². The maximum atomic E-state index is 5.91. The van der Waals surface area contributed by atoms with E-state index < -0.39 is 0 Å². The van der Waals surface area contributed by atoms with Gasteiger partial charge >= 0.3 is 0 Å². The first-order valence-electron chi connectivity index (χ1n) is 6.80. The van der Waals surface area contributed by atoms with Crippen LogP contribution in [-0.4, -0.2) is 22.5 Å². The summed E-state index contributed by atoms with van der Waals surface area (Å²) in [6, 6.07) is 0. The van der Waals surface area contributed by atoms with Crippen molar-refractivity contribution in [3.8, 4) is 0 Å². The lowest BCUT2D eigenvalue weighted by Gasteiger charge is -2.28. The molecule has 1 rings (SSSR count). The van der Waals surface area contributed by atoms with E-state index in [4.69, 9.17) is 4.74 Å². The molecule has 0 aliphatic rings. The number of rotatable bonds is 8. The van der Waals surface area contributed by atoms with Crippen LogP contribution in [-0.2, 0) is 10.3 Å². The highest BCUT2D eigenvalue weighted by molar-refractivity contribution is 7.09. The van der Waals surface area contributed by atoms with E-state index in [-0.39, 0.29) is 5.60 Å². The zero-order valence-electron chi connectivity index (χ0n) is 12.1. The van der Waals surface area contributed by atoms with Crippen LogP contribution < -0.4 is 5.32 Å². The topological polar surface area (TPSA) is 47.0 Å². The molecule has 0 aromatic carbocycles. The van der Waals surface area contributed by atoms with Crippen LogP contribution in [0.4, 0.5) is 5.13 Å². The zero-order chi connectivity index (χ0) is 13.6. The fourth-order valence-electron chi connectivity index (χ4n) is 1.88. The number of hydrogen-bond donors (Lipinski definition) is 1. The van der Waals surface area contributed by atoms with E-state index in [1.165, 1.54) is 11.5 Å². The van der Waals surface area contributed by atoms with Gasteiger partial charge in [-0.1, -0.05) is 27.7 Å². The molecule has 0 radical (unpaired) electrons. The SMILES string of the molecule is CCOC(CC)(CC)c1nsc(NCC(C)C)n1. The van der Waals surface area contributed by atoms with Crippen LogP contribution in [0.3, 0.4) is 0 Å². The summed E-state index contributed by atoms with van der Waals surface area (Å²) in [5.74, 6) is 1.43. The van der Waals surface area contributed by atoms with Crippen molar-refractivity contribution in [2.45, 2.75) is 53.1 Å². The third-order valence-electron chi connectivity index (χ3n) is 3.06. The van der Waals surface area contributed by atoms with Crippen molar-refractivity contribution < 1.29 is 4.74 Å². The molecule has 0 spiro atoms. The maximum Gasteiger partial charge on any atom is 0.202 e. The van der Waals surface area contributed by atoms with E-state index in [1.807, 2.05) is 6.92 Å². The summed E-state index contributed by atoms with van der Waals surface area (Å²) >= 11 is 1.42. The number of hydrogen-bond acceptors (Lipinski definition) is 5. The predicted octanol–water partition coefficient (Wildman–Crippen LogP) is 3.66. The second-order valence-corrected chi connectivity index (χ2v) is 5.58. The van der Waals surface area contributed by atoms with Crippen LogP contribution >= 0.6 is 11.5 Å². The van der Waals surface area contributed by atoms with E-state index >= 15 is 0 Å². The third kappa shape index (κ3) is 3.65. The molecule has 0 saturated carbocycles. The molecule has 0 aliphatic heterocycles. The Labute approximate surface area is 114 Å². The predicted molar refractivity (Wildman–Crippen MR) is 77.1 cm³/mol. The summed E-state index contributed by atoms with van der Waals surface area (Å²) in [4.78, 5) is 4.59. The van der Waals surface area contributed by atoms with Crippen LogP contribution in [0.25, 0.3) is 0 Å². The Hall–Kier alpha value is -0.680. The molecule has 104 valence electrons. The molecule has 0 saturated heterocycles. The van der Waals surface area contributed by atoms with Crippen LogP contribution in [0.5, 0.6) is 0 Å². The molecule has 0 unspecified atom stereocenters. The number of nitrogens with one attached hydrogen (secondary N) is 1. The summed E-state index contributed by atoms with van der Waals surface area (Å²) in [5, 5.41) is 4.21. The average Bonchev–Trinajstić information content (AvgIpc) is 2.83. The van der Waals surface area contributed by atoms with Gasteiger partial charge in [0.2, 0.25) is 5.13 Å². The van der Waals surface area contributed by atoms with Crippen molar-refractivity contribution in [3.63, 3.8) is 0 Å². The molecule has 0 aliphatic carbocycles. The summed E-state index contributed by atoms with van der Waals surface area (Å²) < 4.78 is 10.4. The average molecular weight is 271 g/mol. The number of ether oxygens (including phenoxy) is 1. The van der Waals surface area contributed by atoms with E-state index in [9.17, 15) is 0 Å². The van der Waals surface area contributed by atoms with E-state index in [0.717, 1.165) is 30.3 Å². The zero-order valence-corrected chi connectivity index (χ0v) is 12.9. The van der Waals surface area contributed by atoms with Crippen LogP contribution in [0.15, 0.2) is 0 Å². The Balaban J connectivity index is 2.80. The Morgan fingerprint density at radius 1 is 1.28 bits per heavy atom.